The second kappa shape index (κ2) is 8.86. The number of amides is 1. The van der Waals surface area contributed by atoms with Gasteiger partial charge in [-0.15, -0.1) is 0 Å². The number of carbonyl (C=O) groups is 1. The first-order chi connectivity index (χ1) is 13.0. The molecule has 1 saturated heterocycles. The van der Waals surface area contributed by atoms with Crippen LogP contribution in [-0.4, -0.2) is 74.1 Å². The largest absolute Gasteiger partial charge is 0.369 e. The number of pyridine rings is 1. The van der Waals surface area contributed by atoms with E-state index in [-0.39, 0.29) is 5.91 Å². The van der Waals surface area contributed by atoms with E-state index in [4.69, 9.17) is 0 Å². The number of likely N-dealkylation sites (N-methyl/N-ethyl adjacent to an activating group) is 1. The monoisotopic (exact) mass is 367 g/mol. The van der Waals surface area contributed by atoms with Crippen molar-refractivity contribution in [3.63, 3.8) is 0 Å². The Balaban J connectivity index is 1.57. The van der Waals surface area contributed by atoms with Gasteiger partial charge in [0, 0.05) is 56.7 Å². The first-order valence-electron chi connectivity index (χ1n) is 9.48. The van der Waals surface area contributed by atoms with E-state index in [0.717, 1.165) is 45.1 Å². The second-order valence-electron chi connectivity index (χ2n) is 7.28. The number of rotatable bonds is 6. The maximum Gasteiger partial charge on any atom is 0.254 e. The summed E-state index contributed by atoms with van der Waals surface area (Å²) in [5, 5.41) is 3.28. The summed E-state index contributed by atoms with van der Waals surface area (Å²) < 4.78 is 0. The number of hydrogen-bond donors (Lipinski definition) is 1. The van der Waals surface area contributed by atoms with Gasteiger partial charge in [-0.1, -0.05) is 12.1 Å². The molecule has 1 aromatic carbocycles. The predicted molar refractivity (Wildman–Crippen MR) is 111 cm³/mol. The molecule has 2 aromatic rings. The van der Waals surface area contributed by atoms with Gasteiger partial charge in [-0.25, -0.2) is 4.98 Å². The highest BCUT2D eigenvalue weighted by atomic mass is 16.2. The van der Waals surface area contributed by atoms with Gasteiger partial charge in [0.25, 0.3) is 5.91 Å². The summed E-state index contributed by atoms with van der Waals surface area (Å²) in [5.41, 5.74) is 3.19. The van der Waals surface area contributed by atoms with Gasteiger partial charge in [0.05, 0.1) is 0 Å². The lowest BCUT2D eigenvalue weighted by Crippen LogP contribution is -2.48. The van der Waals surface area contributed by atoms with Gasteiger partial charge in [-0.2, -0.15) is 0 Å². The number of nitrogens with one attached hydrogen (secondary N) is 1. The number of anilines is 2. The molecule has 1 aromatic heterocycles. The Hall–Kier alpha value is -2.60. The van der Waals surface area contributed by atoms with Crippen molar-refractivity contribution in [2.45, 2.75) is 6.92 Å². The Kier molecular flexibility index (Phi) is 6.29. The molecule has 0 unspecified atom stereocenters. The molecule has 1 aliphatic rings. The Bertz CT molecular complexity index is 769. The zero-order valence-corrected chi connectivity index (χ0v) is 16.5. The molecule has 27 heavy (non-hydrogen) atoms. The Labute approximate surface area is 161 Å². The van der Waals surface area contributed by atoms with Crippen molar-refractivity contribution >= 4 is 17.4 Å². The van der Waals surface area contributed by atoms with Gasteiger partial charge in [0.2, 0.25) is 0 Å². The van der Waals surface area contributed by atoms with Crippen LogP contribution < -0.4 is 10.2 Å². The molecule has 1 fully saturated rings. The SMILES string of the molecule is Cc1cccc(N2CCN(C(=O)c3ccnc(NCCN(C)C)c3)CC2)c1. The third kappa shape index (κ3) is 5.20. The normalized spacial score (nSPS) is 14.5. The molecule has 3 rings (SSSR count). The highest BCUT2D eigenvalue weighted by Crippen LogP contribution is 2.19. The molecule has 0 spiro atoms. The maximum atomic E-state index is 12.9. The molecule has 1 N–H and O–H groups in total. The molecule has 2 heterocycles. The number of aromatic nitrogens is 1. The van der Waals surface area contributed by atoms with Crippen LogP contribution in [0, 0.1) is 6.92 Å². The smallest absolute Gasteiger partial charge is 0.254 e. The lowest BCUT2D eigenvalue weighted by atomic mass is 10.1. The Morgan fingerprint density at radius 2 is 1.93 bits per heavy atom. The fraction of sp³-hybridized carbons (Fsp3) is 0.429. The van der Waals surface area contributed by atoms with Crippen LogP contribution >= 0.6 is 0 Å². The minimum absolute atomic E-state index is 0.0805. The molecule has 0 atom stereocenters. The maximum absolute atomic E-state index is 12.9. The van der Waals surface area contributed by atoms with Crippen LogP contribution in [0.4, 0.5) is 11.5 Å². The summed E-state index contributed by atoms with van der Waals surface area (Å²) in [6.07, 6.45) is 1.70. The summed E-state index contributed by atoms with van der Waals surface area (Å²) in [4.78, 5) is 23.6. The van der Waals surface area contributed by atoms with Crippen molar-refractivity contribution in [3.8, 4) is 0 Å². The van der Waals surface area contributed by atoms with Crippen molar-refractivity contribution in [2.24, 2.45) is 0 Å². The third-order valence-corrected chi connectivity index (χ3v) is 4.81. The summed E-state index contributed by atoms with van der Waals surface area (Å²) in [5.74, 6) is 0.832. The highest BCUT2D eigenvalue weighted by Gasteiger charge is 2.22. The van der Waals surface area contributed by atoms with Gasteiger partial charge in [0.1, 0.15) is 5.82 Å². The standard InChI is InChI=1S/C21H29N5O/c1-17-5-4-6-19(15-17)25-11-13-26(14-12-25)21(27)18-7-8-22-20(16-18)23-9-10-24(2)3/h4-8,15-16H,9-14H2,1-3H3,(H,22,23). The molecular weight excluding hydrogens is 338 g/mol. The second-order valence-corrected chi connectivity index (χ2v) is 7.28. The minimum Gasteiger partial charge on any atom is -0.369 e. The average molecular weight is 367 g/mol. The van der Waals surface area contributed by atoms with Gasteiger partial charge in [-0.3, -0.25) is 4.79 Å². The van der Waals surface area contributed by atoms with E-state index in [0.29, 0.717) is 5.56 Å². The number of nitrogens with zero attached hydrogens (tertiary/aromatic N) is 4. The topological polar surface area (TPSA) is 51.7 Å². The molecular formula is C21H29N5O. The quantitative estimate of drug-likeness (QED) is 0.849. The zero-order chi connectivity index (χ0) is 19.2. The van der Waals surface area contributed by atoms with Crippen LogP contribution in [0.25, 0.3) is 0 Å². The number of hydrogen-bond acceptors (Lipinski definition) is 5. The summed E-state index contributed by atoms with van der Waals surface area (Å²) in [6, 6.07) is 12.2. The number of carbonyl (C=O) groups excluding carboxylic acids is 1. The van der Waals surface area contributed by atoms with Crippen molar-refractivity contribution in [3.05, 3.63) is 53.7 Å². The van der Waals surface area contributed by atoms with E-state index in [1.165, 1.54) is 11.3 Å². The molecule has 0 saturated carbocycles. The van der Waals surface area contributed by atoms with Crippen LogP contribution in [0.2, 0.25) is 0 Å². The highest BCUT2D eigenvalue weighted by molar-refractivity contribution is 5.95. The predicted octanol–water partition coefficient (Wildman–Crippen LogP) is 2.33. The molecule has 0 radical (unpaired) electrons. The van der Waals surface area contributed by atoms with E-state index >= 15 is 0 Å². The van der Waals surface area contributed by atoms with Crippen LogP contribution in [0.3, 0.4) is 0 Å². The van der Waals surface area contributed by atoms with Gasteiger partial charge < -0.3 is 20.0 Å². The van der Waals surface area contributed by atoms with E-state index in [1.54, 1.807) is 12.3 Å². The van der Waals surface area contributed by atoms with E-state index in [9.17, 15) is 4.79 Å². The van der Waals surface area contributed by atoms with Gasteiger partial charge >= 0.3 is 0 Å². The molecule has 1 aliphatic heterocycles. The molecule has 144 valence electrons. The third-order valence-electron chi connectivity index (χ3n) is 4.81. The lowest BCUT2D eigenvalue weighted by Gasteiger charge is -2.36. The van der Waals surface area contributed by atoms with Crippen LogP contribution in [0.15, 0.2) is 42.6 Å². The number of piperazine rings is 1. The van der Waals surface area contributed by atoms with E-state index in [2.05, 4.69) is 51.3 Å². The van der Waals surface area contributed by atoms with Crippen molar-refractivity contribution in [1.82, 2.24) is 14.8 Å². The fourth-order valence-corrected chi connectivity index (χ4v) is 3.24. The summed E-state index contributed by atoms with van der Waals surface area (Å²) >= 11 is 0. The summed E-state index contributed by atoms with van der Waals surface area (Å²) in [6.45, 7) is 7.00. The molecule has 0 aliphatic carbocycles. The first-order valence-corrected chi connectivity index (χ1v) is 9.48. The van der Waals surface area contributed by atoms with Crippen molar-refractivity contribution in [1.29, 1.82) is 0 Å². The van der Waals surface area contributed by atoms with Gasteiger partial charge in [0.15, 0.2) is 0 Å². The lowest BCUT2D eigenvalue weighted by molar-refractivity contribution is 0.0746. The first kappa shape index (κ1) is 19.2. The van der Waals surface area contributed by atoms with Crippen LogP contribution in [0.5, 0.6) is 0 Å². The number of aryl methyl sites for hydroxylation is 1. The zero-order valence-electron chi connectivity index (χ0n) is 16.5. The Morgan fingerprint density at radius 3 is 2.63 bits per heavy atom. The fourth-order valence-electron chi connectivity index (χ4n) is 3.24. The van der Waals surface area contributed by atoms with E-state index in [1.807, 2.05) is 25.1 Å². The van der Waals surface area contributed by atoms with Gasteiger partial charge in [-0.05, 0) is 50.8 Å². The minimum atomic E-state index is 0.0805. The molecule has 6 heteroatoms. The van der Waals surface area contributed by atoms with Crippen molar-refractivity contribution in [2.75, 3.05) is 63.6 Å². The molecule has 1 amide bonds. The van der Waals surface area contributed by atoms with E-state index < -0.39 is 0 Å². The Morgan fingerprint density at radius 1 is 1.15 bits per heavy atom. The van der Waals surface area contributed by atoms with Crippen molar-refractivity contribution < 1.29 is 4.79 Å². The van der Waals surface area contributed by atoms with Crippen LogP contribution in [-0.2, 0) is 0 Å². The average Bonchev–Trinajstić information content (AvgIpc) is 2.67. The van der Waals surface area contributed by atoms with Crippen LogP contribution in [0.1, 0.15) is 15.9 Å². The summed E-state index contributed by atoms with van der Waals surface area (Å²) in [7, 11) is 4.07. The molecule has 0 bridgehead atoms. The number of benzene rings is 1. The molecule has 6 nitrogen and oxygen atoms in total.